The van der Waals surface area contributed by atoms with E-state index in [4.69, 9.17) is 16.4 Å². The first-order valence-electron chi connectivity index (χ1n) is 12.0. The molecule has 2 aromatic carbocycles. The van der Waals surface area contributed by atoms with Gasteiger partial charge in [-0.15, -0.1) is 0 Å². The van der Waals surface area contributed by atoms with Crippen molar-refractivity contribution in [1.82, 2.24) is 14.9 Å². The number of allylic oxidation sites excluding steroid dienone is 1. The van der Waals surface area contributed by atoms with Gasteiger partial charge in [-0.1, -0.05) is 11.6 Å². The van der Waals surface area contributed by atoms with Crippen LogP contribution in [0.2, 0.25) is 0 Å². The van der Waals surface area contributed by atoms with Crippen LogP contribution in [0.4, 0.5) is 31.7 Å². The van der Waals surface area contributed by atoms with Crippen molar-refractivity contribution in [3.8, 4) is 11.6 Å². The van der Waals surface area contributed by atoms with Crippen LogP contribution in [0.25, 0.3) is 10.9 Å². The zero-order valence-corrected chi connectivity index (χ0v) is 20.3. The molecule has 0 atom stereocenters. The van der Waals surface area contributed by atoms with Crippen LogP contribution in [0.1, 0.15) is 18.1 Å². The Morgan fingerprint density at radius 2 is 1.89 bits per heavy atom. The highest BCUT2D eigenvalue weighted by Gasteiger charge is 2.24. The van der Waals surface area contributed by atoms with Crippen molar-refractivity contribution in [3.05, 3.63) is 76.4 Å². The summed E-state index contributed by atoms with van der Waals surface area (Å²) in [5.41, 5.74) is 3.05. The zero-order valence-electron chi connectivity index (χ0n) is 20.3. The Kier molecular flexibility index (Phi) is 6.99. The van der Waals surface area contributed by atoms with Gasteiger partial charge in [-0.3, -0.25) is 4.90 Å². The summed E-state index contributed by atoms with van der Waals surface area (Å²) >= 11 is 0. The van der Waals surface area contributed by atoms with Crippen molar-refractivity contribution >= 4 is 29.0 Å². The molecule has 0 spiro atoms. The van der Waals surface area contributed by atoms with Crippen LogP contribution < -0.4 is 15.0 Å². The number of hydrogen-bond acceptors (Lipinski definition) is 7. The van der Waals surface area contributed by atoms with Crippen molar-refractivity contribution in [1.29, 1.82) is 0 Å². The minimum atomic E-state index is -0.690. The van der Waals surface area contributed by atoms with Gasteiger partial charge in [-0.25, -0.2) is 23.6 Å². The molecule has 10 heteroatoms. The topological polar surface area (TPSA) is 78.1 Å². The lowest BCUT2D eigenvalue weighted by atomic mass is 10.1. The fourth-order valence-electron chi connectivity index (χ4n) is 4.64. The predicted octanol–water partition coefficient (Wildman–Crippen LogP) is 4.92. The van der Waals surface area contributed by atoms with Gasteiger partial charge in [0.1, 0.15) is 18.0 Å². The van der Waals surface area contributed by atoms with E-state index in [2.05, 4.69) is 29.9 Å². The summed E-state index contributed by atoms with van der Waals surface area (Å²) in [6.07, 6.45) is 3.16. The molecule has 5 rings (SSSR count). The predicted molar refractivity (Wildman–Crippen MR) is 138 cm³/mol. The van der Waals surface area contributed by atoms with Crippen molar-refractivity contribution in [2.45, 2.75) is 13.3 Å². The minimum Gasteiger partial charge on any atom is -0.446 e. The minimum absolute atomic E-state index is 0.0430. The number of piperazine rings is 1. The number of rotatable bonds is 7. The number of nitrogens with zero attached hydrogens (tertiary/aromatic N) is 5. The van der Waals surface area contributed by atoms with Gasteiger partial charge in [0.2, 0.25) is 5.88 Å². The van der Waals surface area contributed by atoms with E-state index in [1.807, 2.05) is 31.2 Å². The number of ether oxygens (including phenoxy) is 1. The third kappa shape index (κ3) is 5.09. The maximum Gasteiger partial charge on any atom is 0.288 e. The lowest BCUT2D eigenvalue weighted by Gasteiger charge is -2.35. The van der Waals surface area contributed by atoms with E-state index in [1.54, 1.807) is 6.08 Å². The molecular formula is C27H26F2N6O2. The van der Waals surface area contributed by atoms with E-state index in [-0.39, 0.29) is 35.3 Å². The SMILES string of the molecule is [C-]#[N+]c1c(Nc2ccc(N3CCN(CCO)CC3)cc2)ncnc1Oc1cc(F)c2c(c1F)C=C(C)C2. The van der Waals surface area contributed by atoms with Gasteiger partial charge in [0.15, 0.2) is 11.6 Å². The molecule has 8 nitrogen and oxygen atoms in total. The van der Waals surface area contributed by atoms with Gasteiger partial charge in [-0.05, 0) is 37.6 Å². The van der Waals surface area contributed by atoms with Gasteiger partial charge < -0.3 is 20.1 Å². The number of halogens is 2. The Morgan fingerprint density at radius 1 is 1.14 bits per heavy atom. The number of fused-ring (bicyclic) bond motifs is 1. The molecule has 2 heterocycles. The fraction of sp³-hybridized carbons (Fsp3) is 0.296. The number of hydrogen-bond donors (Lipinski definition) is 2. The Morgan fingerprint density at radius 3 is 2.59 bits per heavy atom. The molecule has 0 amide bonds. The Labute approximate surface area is 213 Å². The Bertz CT molecular complexity index is 1380. The molecule has 190 valence electrons. The summed E-state index contributed by atoms with van der Waals surface area (Å²) in [5.74, 6) is -1.55. The van der Waals surface area contributed by atoms with Gasteiger partial charge in [-0.2, -0.15) is 0 Å². The van der Waals surface area contributed by atoms with E-state index < -0.39 is 11.6 Å². The van der Waals surface area contributed by atoms with Gasteiger partial charge in [0.25, 0.3) is 5.69 Å². The zero-order chi connectivity index (χ0) is 25.9. The van der Waals surface area contributed by atoms with Crippen molar-refractivity contribution in [2.75, 3.05) is 49.5 Å². The Balaban J connectivity index is 1.33. The maximum absolute atomic E-state index is 15.1. The van der Waals surface area contributed by atoms with E-state index in [0.29, 0.717) is 24.2 Å². The molecule has 1 saturated heterocycles. The van der Waals surface area contributed by atoms with Crippen LogP contribution in [0, 0.1) is 18.2 Å². The first kappa shape index (κ1) is 24.6. The van der Waals surface area contributed by atoms with Crippen molar-refractivity contribution in [3.63, 3.8) is 0 Å². The lowest BCUT2D eigenvalue weighted by Crippen LogP contribution is -2.47. The molecule has 0 bridgehead atoms. The molecule has 0 unspecified atom stereocenters. The molecule has 1 aromatic heterocycles. The summed E-state index contributed by atoms with van der Waals surface area (Å²) in [5, 5.41) is 12.2. The number of nitrogens with one attached hydrogen (secondary N) is 1. The lowest BCUT2D eigenvalue weighted by molar-refractivity contribution is 0.189. The van der Waals surface area contributed by atoms with Gasteiger partial charge in [0, 0.05) is 61.3 Å². The number of benzene rings is 2. The van der Waals surface area contributed by atoms with E-state index in [9.17, 15) is 4.39 Å². The number of aliphatic hydroxyl groups excluding tert-OH is 1. The average Bonchev–Trinajstić information content (AvgIpc) is 3.31. The normalized spacial score (nSPS) is 15.2. The third-order valence-electron chi connectivity index (χ3n) is 6.56. The second-order valence-electron chi connectivity index (χ2n) is 9.04. The second kappa shape index (κ2) is 10.5. The summed E-state index contributed by atoms with van der Waals surface area (Å²) in [7, 11) is 0. The number of aromatic nitrogens is 2. The van der Waals surface area contributed by atoms with Crippen LogP contribution in [-0.4, -0.2) is 59.3 Å². The molecule has 1 aliphatic heterocycles. The highest BCUT2D eigenvalue weighted by Crippen LogP contribution is 2.40. The van der Waals surface area contributed by atoms with E-state index in [0.717, 1.165) is 43.5 Å². The number of anilines is 3. The smallest absolute Gasteiger partial charge is 0.288 e. The van der Waals surface area contributed by atoms with Gasteiger partial charge in [0.05, 0.1) is 13.2 Å². The fourth-order valence-corrected chi connectivity index (χ4v) is 4.64. The summed E-state index contributed by atoms with van der Waals surface area (Å²) in [4.78, 5) is 16.2. The van der Waals surface area contributed by atoms with Crippen LogP contribution in [0.3, 0.4) is 0 Å². The Hall–Kier alpha value is -4.07. The second-order valence-corrected chi connectivity index (χ2v) is 9.04. The summed E-state index contributed by atoms with van der Waals surface area (Å²) in [6, 6.07) is 8.73. The standard InChI is InChI=1S/C27H26F2N6O2/c1-17-13-20-21(14-17)24(29)23(15-22(20)28)37-27-25(30-2)26(31-16-32-27)33-18-3-5-19(6-4-18)35-9-7-34(8-10-35)11-12-36/h3-6,14-16,36H,7-13H2,1H3,(H,31,32,33). The molecule has 3 aromatic rings. The average molecular weight is 505 g/mol. The van der Waals surface area contributed by atoms with Crippen LogP contribution >= 0.6 is 0 Å². The van der Waals surface area contributed by atoms with Crippen LogP contribution in [-0.2, 0) is 6.42 Å². The molecule has 1 aliphatic carbocycles. The quantitative estimate of drug-likeness (QED) is 0.443. The monoisotopic (exact) mass is 504 g/mol. The molecule has 2 N–H and O–H groups in total. The molecule has 37 heavy (non-hydrogen) atoms. The van der Waals surface area contributed by atoms with Crippen LogP contribution in [0.15, 0.2) is 42.2 Å². The van der Waals surface area contributed by atoms with Crippen LogP contribution in [0.5, 0.6) is 11.6 Å². The molecule has 1 fully saturated rings. The molecule has 2 aliphatic rings. The summed E-state index contributed by atoms with van der Waals surface area (Å²) in [6.45, 7) is 13.8. The molecule has 0 radical (unpaired) electrons. The maximum atomic E-state index is 15.1. The van der Waals surface area contributed by atoms with Crippen molar-refractivity contribution < 1.29 is 18.6 Å². The molecule has 0 saturated carbocycles. The number of β-amino-alcohol motifs (C(OH)–C–C–N with tert-alkyl or cyclic N) is 1. The van der Waals surface area contributed by atoms with E-state index in [1.165, 1.54) is 6.33 Å². The third-order valence-corrected chi connectivity index (χ3v) is 6.56. The van der Waals surface area contributed by atoms with Gasteiger partial charge >= 0.3 is 0 Å². The molecular weight excluding hydrogens is 478 g/mol. The number of aliphatic hydroxyl groups is 1. The van der Waals surface area contributed by atoms with E-state index >= 15 is 4.39 Å². The highest BCUT2D eigenvalue weighted by molar-refractivity contribution is 5.76. The summed E-state index contributed by atoms with van der Waals surface area (Å²) < 4.78 is 35.2. The first-order chi connectivity index (χ1) is 18.0. The van der Waals surface area contributed by atoms with Crippen molar-refractivity contribution in [2.24, 2.45) is 0 Å². The highest BCUT2D eigenvalue weighted by atomic mass is 19.1. The largest absolute Gasteiger partial charge is 0.446 e. The first-order valence-corrected chi connectivity index (χ1v) is 12.0.